The van der Waals surface area contributed by atoms with E-state index in [2.05, 4.69) is 39.5 Å². The van der Waals surface area contributed by atoms with Crippen LogP contribution in [0.4, 0.5) is 11.4 Å². The van der Waals surface area contributed by atoms with Gasteiger partial charge in [-0.15, -0.1) is 0 Å². The average molecular weight is 357 g/mol. The van der Waals surface area contributed by atoms with E-state index in [9.17, 15) is 0 Å². The van der Waals surface area contributed by atoms with Gasteiger partial charge >= 0.3 is 0 Å². The Morgan fingerprint density at radius 2 is 1.46 bits per heavy atom. The monoisotopic (exact) mass is 357 g/mol. The van der Waals surface area contributed by atoms with Crippen molar-refractivity contribution in [1.82, 2.24) is 4.90 Å². The Kier molecular flexibility index (Phi) is 6.75. The molecular weight excluding hydrogens is 326 g/mol. The summed E-state index contributed by atoms with van der Waals surface area (Å²) >= 11 is 0. The van der Waals surface area contributed by atoms with Gasteiger partial charge in [-0.3, -0.25) is 4.90 Å². The van der Waals surface area contributed by atoms with Crippen molar-refractivity contribution in [3.63, 3.8) is 0 Å². The highest BCUT2D eigenvalue weighted by molar-refractivity contribution is 5.65. The third-order valence-electron chi connectivity index (χ3n) is 4.32. The summed E-state index contributed by atoms with van der Waals surface area (Å²) in [6, 6.07) is 14.1. The van der Waals surface area contributed by atoms with Gasteiger partial charge in [-0.2, -0.15) is 0 Å². The van der Waals surface area contributed by atoms with E-state index in [4.69, 9.17) is 20.9 Å². The second kappa shape index (κ2) is 8.81. The van der Waals surface area contributed by atoms with Gasteiger partial charge in [-0.25, -0.2) is 0 Å². The van der Waals surface area contributed by atoms with Crippen molar-refractivity contribution in [3.8, 4) is 17.2 Å². The van der Waals surface area contributed by atoms with Crippen molar-refractivity contribution in [2.75, 3.05) is 18.1 Å². The Bertz CT molecular complexity index is 708. The Morgan fingerprint density at radius 1 is 0.846 bits per heavy atom. The third-order valence-corrected chi connectivity index (χ3v) is 4.32. The summed E-state index contributed by atoms with van der Waals surface area (Å²) in [5, 5.41) is 0. The van der Waals surface area contributed by atoms with Crippen LogP contribution in [-0.4, -0.2) is 29.6 Å². The molecule has 0 aromatic heterocycles. The van der Waals surface area contributed by atoms with Crippen molar-refractivity contribution >= 4 is 11.4 Å². The summed E-state index contributed by atoms with van der Waals surface area (Å²) in [6.07, 6.45) is 0. The summed E-state index contributed by atoms with van der Waals surface area (Å²) in [5.74, 6) is 2.00. The number of ether oxygens (including phenoxy) is 2. The molecule has 2 aromatic rings. The summed E-state index contributed by atoms with van der Waals surface area (Å²) in [4.78, 5) is 2.43. The highest BCUT2D eigenvalue weighted by atomic mass is 16.5. The Hall–Kier alpha value is -2.40. The SMILES string of the molecule is CC(C)N(C(C)C)C(C)COc1ccccc1Oc1ccc(N)c(N)c1. The molecular formula is C21H31N3O2. The molecule has 142 valence electrons. The maximum Gasteiger partial charge on any atom is 0.169 e. The van der Waals surface area contributed by atoms with E-state index in [-0.39, 0.29) is 6.04 Å². The second-order valence-electron chi connectivity index (χ2n) is 7.13. The van der Waals surface area contributed by atoms with E-state index >= 15 is 0 Å². The standard InChI is InChI=1S/C21H31N3O2/c1-14(2)24(15(3)4)16(5)13-25-20-8-6-7-9-21(20)26-17-10-11-18(22)19(23)12-17/h6-12,14-16H,13,22-23H2,1-5H3. The molecule has 0 fully saturated rings. The molecule has 1 atom stereocenters. The topological polar surface area (TPSA) is 73.7 Å². The molecule has 0 aliphatic rings. The highest BCUT2D eigenvalue weighted by Gasteiger charge is 2.21. The van der Waals surface area contributed by atoms with Crippen LogP contribution in [0.2, 0.25) is 0 Å². The molecule has 0 aliphatic carbocycles. The number of nitrogen functional groups attached to an aromatic ring is 2. The molecule has 5 heteroatoms. The molecule has 0 heterocycles. The van der Waals surface area contributed by atoms with Gasteiger partial charge < -0.3 is 20.9 Å². The molecule has 0 amide bonds. The molecule has 5 nitrogen and oxygen atoms in total. The van der Waals surface area contributed by atoms with E-state index in [0.29, 0.717) is 47.3 Å². The summed E-state index contributed by atoms with van der Waals surface area (Å²) in [5.41, 5.74) is 12.7. The minimum Gasteiger partial charge on any atom is -0.488 e. The van der Waals surface area contributed by atoms with Crippen molar-refractivity contribution in [2.24, 2.45) is 0 Å². The molecule has 0 spiro atoms. The Balaban J connectivity index is 2.10. The predicted octanol–water partition coefficient (Wildman–Crippen LogP) is 4.53. The third kappa shape index (κ3) is 5.05. The summed E-state index contributed by atoms with van der Waals surface area (Å²) in [7, 11) is 0. The van der Waals surface area contributed by atoms with Crippen LogP contribution in [0.5, 0.6) is 17.2 Å². The minimum atomic E-state index is 0.287. The number of rotatable bonds is 8. The van der Waals surface area contributed by atoms with Gasteiger partial charge in [0.05, 0.1) is 11.4 Å². The molecule has 0 saturated heterocycles. The van der Waals surface area contributed by atoms with E-state index in [1.54, 1.807) is 18.2 Å². The van der Waals surface area contributed by atoms with Crippen LogP contribution in [0.3, 0.4) is 0 Å². The van der Waals surface area contributed by atoms with Crippen LogP contribution in [-0.2, 0) is 0 Å². The maximum absolute atomic E-state index is 6.08. The number of hydrogen-bond donors (Lipinski definition) is 2. The first-order chi connectivity index (χ1) is 12.3. The number of hydrogen-bond acceptors (Lipinski definition) is 5. The molecule has 0 radical (unpaired) electrons. The highest BCUT2D eigenvalue weighted by Crippen LogP contribution is 2.33. The first-order valence-electron chi connectivity index (χ1n) is 9.11. The fourth-order valence-electron chi connectivity index (χ4n) is 3.31. The molecule has 1 unspecified atom stereocenters. The first kappa shape index (κ1) is 19.9. The zero-order chi connectivity index (χ0) is 19.3. The van der Waals surface area contributed by atoms with Gasteiger partial charge in [-0.1, -0.05) is 12.1 Å². The lowest BCUT2D eigenvalue weighted by molar-refractivity contribution is 0.0849. The van der Waals surface area contributed by atoms with Gasteiger partial charge in [0.15, 0.2) is 11.5 Å². The van der Waals surface area contributed by atoms with E-state index in [1.807, 2.05) is 24.3 Å². The van der Waals surface area contributed by atoms with Crippen molar-refractivity contribution in [3.05, 3.63) is 42.5 Å². The lowest BCUT2D eigenvalue weighted by atomic mass is 10.1. The fourth-order valence-corrected chi connectivity index (χ4v) is 3.31. The fraction of sp³-hybridized carbons (Fsp3) is 0.429. The van der Waals surface area contributed by atoms with Gasteiger partial charge in [-0.05, 0) is 58.9 Å². The zero-order valence-corrected chi connectivity index (χ0v) is 16.4. The van der Waals surface area contributed by atoms with Crippen LogP contribution >= 0.6 is 0 Å². The van der Waals surface area contributed by atoms with Gasteiger partial charge in [0.2, 0.25) is 0 Å². The lowest BCUT2D eigenvalue weighted by Gasteiger charge is -2.36. The van der Waals surface area contributed by atoms with E-state index in [0.717, 1.165) is 0 Å². The molecule has 2 rings (SSSR count). The first-order valence-corrected chi connectivity index (χ1v) is 9.11. The largest absolute Gasteiger partial charge is 0.488 e. The second-order valence-corrected chi connectivity index (χ2v) is 7.13. The normalized spacial score (nSPS) is 12.6. The maximum atomic E-state index is 6.08. The number of nitrogens with zero attached hydrogens (tertiary/aromatic N) is 1. The number of benzene rings is 2. The minimum absolute atomic E-state index is 0.287. The zero-order valence-electron chi connectivity index (χ0n) is 16.4. The van der Waals surface area contributed by atoms with E-state index < -0.39 is 0 Å². The molecule has 0 saturated carbocycles. The smallest absolute Gasteiger partial charge is 0.169 e. The van der Waals surface area contributed by atoms with E-state index in [1.165, 1.54) is 0 Å². The van der Waals surface area contributed by atoms with Crippen LogP contribution in [0.25, 0.3) is 0 Å². The van der Waals surface area contributed by atoms with Gasteiger partial charge in [0.1, 0.15) is 12.4 Å². The molecule has 4 N–H and O–H groups in total. The summed E-state index contributed by atoms with van der Waals surface area (Å²) < 4.78 is 12.0. The van der Waals surface area contributed by atoms with Crippen molar-refractivity contribution < 1.29 is 9.47 Å². The molecule has 0 bridgehead atoms. The van der Waals surface area contributed by atoms with Crippen LogP contribution in [0.15, 0.2) is 42.5 Å². The quantitative estimate of drug-likeness (QED) is 0.679. The van der Waals surface area contributed by atoms with Crippen molar-refractivity contribution in [2.45, 2.75) is 52.7 Å². The Morgan fingerprint density at radius 3 is 2.04 bits per heavy atom. The molecule has 26 heavy (non-hydrogen) atoms. The van der Waals surface area contributed by atoms with Gasteiger partial charge in [0, 0.05) is 24.2 Å². The van der Waals surface area contributed by atoms with Crippen LogP contribution in [0.1, 0.15) is 34.6 Å². The lowest BCUT2D eigenvalue weighted by Crippen LogP contribution is -2.46. The molecule has 0 aliphatic heterocycles. The summed E-state index contributed by atoms with van der Waals surface area (Å²) in [6.45, 7) is 11.6. The Labute approximate surface area is 156 Å². The number of anilines is 2. The number of nitrogens with two attached hydrogens (primary N) is 2. The van der Waals surface area contributed by atoms with Gasteiger partial charge in [0.25, 0.3) is 0 Å². The molecule has 2 aromatic carbocycles. The van der Waals surface area contributed by atoms with Crippen LogP contribution in [0, 0.1) is 0 Å². The van der Waals surface area contributed by atoms with Crippen molar-refractivity contribution in [1.29, 1.82) is 0 Å². The number of para-hydroxylation sites is 2. The predicted molar refractivity (Wildman–Crippen MR) is 109 cm³/mol. The van der Waals surface area contributed by atoms with Crippen LogP contribution < -0.4 is 20.9 Å². The average Bonchev–Trinajstić information content (AvgIpc) is 2.57.